The smallest absolute Gasteiger partial charge is 0.216 e. The number of aliphatic hydroxyl groups excluding tert-OH is 6. The van der Waals surface area contributed by atoms with Gasteiger partial charge >= 0.3 is 0 Å². The van der Waals surface area contributed by atoms with Gasteiger partial charge in [-0.3, -0.25) is 0 Å². The van der Waals surface area contributed by atoms with E-state index in [-0.39, 0.29) is 0 Å². The van der Waals surface area contributed by atoms with Gasteiger partial charge in [0.05, 0.1) is 13.2 Å². The Kier molecular flexibility index (Phi) is 5.92. The van der Waals surface area contributed by atoms with Crippen molar-refractivity contribution in [1.29, 1.82) is 0 Å². The van der Waals surface area contributed by atoms with Crippen LogP contribution in [0.25, 0.3) is 0 Å². The quantitative estimate of drug-likeness (QED) is 0.228. The maximum Gasteiger partial charge on any atom is 0.216 e. The maximum atomic E-state index is 9.94. The molecule has 2 saturated heterocycles. The summed E-state index contributed by atoms with van der Waals surface area (Å²) in [6.07, 6.45) is -12.4. The minimum atomic E-state index is -2.65. The lowest BCUT2D eigenvalue weighted by Gasteiger charge is -2.46. The summed E-state index contributed by atoms with van der Waals surface area (Å²) < 4.78 is 15.3. The van der Waals surface area contributed by atoms with Gasteiger partial charge in [0.15, 0.2) is 6.29 Å². The molecule has 23 heavy (non-hydrogen) atoms. The fourth-order valence-corrected chi connectivity index (χ4v) is 2.53. The van der Waals surface area contributed by atoms with Crippen molar-refractivity contribution in [3.8, 4) is 0 Å². The summed E-state index contributed by atoms with van der Waals surface area (Å²) in [5, 5.41) is 76.7. The van der Waals surface area contributed by atoms with E-state index in [0.717, 1.165) is 0 Å². The molecule has 2 fully saturated rings. The summed E-state index contributed by atoms with van der Waals surface area (Å²) >= 11 is 0. The molecule has 0 aromatic rings. The van der Waals surface area contributed by atoms with Crippen LogP contribution in [0, 0.1) is 0 Å². The molecule has 0 spiro atoms. The molecule has 0 radical (unpaired) electrons. The zero-order chi connectivity index (χ0) is 17.4. The average Bonchev–Trinajstić information content (AvgIpc) is 2.52. The lowest BCUT2D eigenvalue weighted by atomic mass is 9.96. The predicted octanol–water partition coefficient (Wildman–Crippen LogP) is -5.40. The van der Waals surface area contributed by atoms with Crippen LogP contribution in [0.4, 0.5) is 0 Å². The van der Waals surface area contributed by atoms with Crippen LogP contribution in [-0.4, -0.2) is 115 Å². The van der Waals surface area contributed by atoms with Crippen LogP contribution in [0.5, 0.6) is 0 Å². The first-order valence-corrected chi connectivity index (χ1v) is 7.04. The first-order valence-electron chi connectivity index (χ1n) is 7.04. The van der Waals surface area contributed by atoms with Crippen molar-refractivity contribution in [2.24, 2.45) is 0 Å². The van der Waals surface area contributed by atoms with E-state index < -0.39 is 74.6 Å². The second kappa shape index (κ2) is 7.21. The van der Waals surface area contributed by atoms with E-state index >= 15 is 0 Å². The summed E-state index contributed by atoms with van der Waals surface area (Å²) in [5.41, 5.74) is 0. The molecular formula is C12H22O11. The number of aliphatic hydroxyl groups is 8. The lowest BCUT2D eigenvalue weighted by Crippen LogP contribution is -2.66. The van der Waals surface area contributed by atoms with E-state index in [2.05, 4.69) is 0 Å². The number of rotatable bonds is 4. The third kappa shape index (κ3) is 3.65. The molecule has 11 nitrogen and oxygen atoms in total. The van der Waals surface area contributed by atoms with E-state index in [9.17, 15) is 35.7 Å². The maximum absolute atomic E-state index is 9.94. The highest BCUT2D eigenvalue weighted by molar-refractivity contribution is 4.94. The van der Waals surface area contributed by atoms with E-state index in [4.69, 9.17) is 19.3 Å². The predicted molar refractivity (Wildman–Crippen MR) is 68.6 cm³/mol. The fourth-order valence-electron chi connectivity index (χ4n) is 2.53. The largest absolute Gasteiger partial charge is 0.394 e. The zero-order valence-electron chi connectivity index (χ0n) is 12.0. The molecule has 2 aliphatic heterocycles. The van der Waals surface area contributed by atoms with Gasteiger partial charge in [-0.25, -0.2) is 0 Å². The molecule has 0 aromatic carbocycles. The Morgan fingerprint density at radius 3 is 2.09 bits per heavy atom. The molecule has 0 bridgehead atoms. The molecule has 2 aliphatic rings. The molecule has 136 valence electrons. The summed E-state index contributed by atoms with van der Waals surface area (Å²) in [4.78, 5) is 0. The molecule has 8 N–H and O–H groups in total. The summed E-state index contributed by atoms with van der Waals surface area (Å²) in [6.45, 7) is -1.98. The van der Waals surface area contributed by atoms with Crippen LogP contribution in [0.2, 0.25) is 0 Å². The fraction of sp³-hybridized carbons (Fsp3) is 1.00. The second-order valence-corrected chi connectivity index (χ2v) is 5.65. The van der Waals surface area contributed by atoms with Crippen LogP contribution in [0.1, 0.15) is 0 Å². The van der Waals surface area contributed by atoms with E-state index in [1.54, 1.807) is 0 Å². The highest BCUT2D eigenvalue weighted by atomic mass is 16.7. The van der Waals surface area contributed by atoms with E-state index in [0.29, 0.717) is 0 Å². The third-order valence-electron chi connectivity index (χ3n) is 3.98. The number of ether oxygens (including phenoxy) is 3. The van der Waals surface area contributed by atoms with Gasteiger partial charge in [-0.15, -0.1) is 0 Å². The average molecular weight is 342 g/mol. The highest BCUT2D eigenvalue weighted by Crippen LogP contribution is 2.29. The topological polar surface area (TPSA) is 190 Å². The molecule has 0 saturated carbocycles. The van der Waals surface area contributed by atoms with Gasteiger partial charge in [0, 0.05) is 0 Å². The summed E-state index contributed by atoms with van der Waals surface area (Å²) in [6, 6.07) is 0. The minimum Gasteiger partial charge on any atom is -0.394 e. The van der Waals surface area contributed by atoms with Crippen LogP contribution in [-0.2, 0) is 14.2 Å². The van der Waals surface area contributed by atoms with Crippen LogP contribution < -0.4 is 0 Å². The first kappa shape index (κ1) is 18.9. The monoisotopic (exact) mass is 342 g/mol. The summed E-state index contributed by atoms with van der Waals surface area (Å²) in [5.74, 6) is -2.65. The van der Waals surface area contributed by atoms with E-state index in [1.165, 1.54) is 0 Å². The lowest BCUT2D eigenvalue weighted by molar-refractivity contribution is -0.369. The van der Waals surface area contributed by atoms with Gasteiger partial charge in [-0.05, 0) is 0 Å². The van der Waals surface area contributed by atoms with Crippen molar-refractivity contribution in [3.05, 3.63) is 0 Å². The molecule has 2 rings (SSSR count). The van der Waals surface area contributed by atoms with Crippen molar-refractivity contribution in [2.75, 3.05) is 19.8 Å². The Labute approximate surface area is 130 Å². The highest BCUT2D eigenvalue weighted by Gasteiger charge is 2.52. The Bertz CT molecular complexity index is 389. The molecule has 11 heteroatoms. The molecule has 0 aliphatic carbocycles. The molecule has 0 unspecified atom stereocenters. The molecule has 2 heterocycles. The van der Waals surface area contributed by atoms with Crippen molar-refractivity contribution < 1.29 is 55.1 Å². The van der Waals surface area contributed by atoms with Crippen molar-refractivity contribution in [1.82, 2.24) is 0 Å². The molecule has 8 atom stereocenters. The van der Waals surface area contributed by atoms with Gasteiger partial charge in [-0.1, -0.05) is 0 Å². The van der Waals surface area contributed by atoms with Crippen LogP contribution in [0.15, 0.2) is 0 Å². The normalized spacial score (nSPS) is 47.5. The van der Waals surface area contributed by atoms with Gasteiger partial charge in [0.25, 0.3) is 0 Å². The van der Waals surface area contributed by atoms with Crippen LogP contribution in [0.3, 0.4) is 0 Å². The molecule has 0 amide bonds. The van der Waals surface area contributed by atoms with Crippen molar-refractivity contribution >= 4 is 0 Å². The van der Waals surface area contributed by atoms with E-state index in [1.807, 2.05) is 0 Å². The molecular weight excluding hydrogens is 320 g/mol. The number of hydrogen-bond donors (Lipinski definition) is 8. The summed E-state index contributed by atoms with van der Waals surface area (Å²) in [7, 11) is 0. The first-order chi connectivity index (χ1) is 10.7. The van der Waals surface area contributed by atoms with Gasteiger partial charge in [0.2, 0.25) is 5.79 Å². The Balaban J connectivity index is 2.14. The Morgan fingerprint density at radius 2 is 1.52 bits per heavy atom. The minimum absolute atomic E-state index is 0.630. The second-order valence-electron chi connectivity index (χ2n) is 5.65. The van der Waals surface area contributed by atoms with Crippen LogP contribution >= 0.6 is 0 Å². The number of hydrogen-bond acceptors (Lipinski definition) is 11. The third-order valence-corrected chi connectivity index (χ3v) is 3.98. The zero-order valence-corrected chi connectivity index (χ0v) is 12.0. The Hall–Kier alpha value is -0.440. The standard InChI is InChI=1S/C12H22O11/c13-1-4-6(15)7(16)8(17)11(22-4)23-9-5(2-14)21-3-12(19,20)10(9)18/h4-11,13-20H,1-3H2/t4-,5-,6-,7+,8-,9-,10+,11+/m1/s1. The van der Waals surface area contributed by atoms with Gasteiger partial charge < -0.3 is 55.1 Å². The van der Waals surface area contributed by atoms with Crippen molar-refractivity contribution in [3.63, 3.8) is 0 Å². The SMILES string of the molecule is OC[C@H]1O[C@@H](O[C@@H]2[C@@H](CO)OCC(O)(O)[C@H]2O)[C@H](O)[C@@H](O)[C@@H]1O. The van der Waals surface area contributed by atoms with Gasteiger partial charge in [0.1, 0.15) is 49.3 Å². The van der Waals surface area contributed by atoms with Crippen molar-refractivity contribution in [2.45, 2.75) is 54.8 Å². The molecule has 0 aromatic heterocycles. The Morgan fingerprint density at radius 1 is 0.913 bits per heavy atom. The van der Waals surface area contributed by atoms with Gasteiger partial charge in [-0.2, -0.15) is 0 Å².